The summed E-state index contributed by atoms with van der Waals surface area (Å²) in [5.74, 6) is 1.47. The zero-order valence-electron chi connectivity index (χ0n) is 19.1. The van der Waals surface area contributed by atoms with Crippen molar-refractivity contribution in [2.24, 2.45) is 5.92 Å². The normalized spacial score (nSPS) is 20.1. The van der Waals surface area contributed by atoms with Crippen molar-refractivity contribution in [1.29, 1.82) is 0 Å². The summed E-state index contributed by atoms with van der Waals surface area (Å²) in [6.45, 7) is 3.35. The minimum atomic E-state index is -0.275. The van der Waals surface area contributed by atoms with Crippen molar-refractivity contribution in [3.05, 3.63) is 64.1 Å². The number of rotatable bonds is 8. The Morgan fingerprint density at radius 1 is 1.09 bits per heavy atom. The van der Waals surface area contributed by atoms with E-state index in [0.717, 1.165) is 61.1 Å². The highest BCUT2D eigenvalue weighted by molar-refractivity contribution is 9.10. The summed E-state index contributed by atoms with van der Waals surface area (Å²) < 4.78 is 6.51. The number of carbonyl (C=O) groups excluding carboxylic acids is 2. The highest BCUT2D eigenvalue weighted by Crippen LogP contribution is 2.29. The molecule has 0 saturated carbocycles. The van der Waals surface area contributed by atoms with E-state index in [1.807, 2.05) is 36.4 Å². The van der Waals surface area contributed by atoms with Gasteiger partial charge < -0.3 is 15.0 Å². The zero-order chi connectivity index (χ0) is 23.2. The lowest BCUT2D eigenvalue weighted by molar-refractivity contribution is -0.130. The fraction of sp³-hybridized carbons (Fsp3) is 0.462. The average molecular weight is 514 g/mol. The lowest BCUT2D eigenvalue weighted by Crippen LogP contribution is -2.54. The smallest absolute Gasteiger partial charge is 0.324 e. The molecule has 2 fully saturated rings. The molecule has 0 radical (unpaired) electrons. The predicted octanol–water partition coefficient (Wildman–Crippen LogP) is 4.61. The van der Waals surface area contributed by atoms with Gasteiger partial charge in [-0.15, -0.1) is 0 Å². The Morgan fingerprint density at radius 2 is 1.85 bits per heavy atom. The van der Waals surface area contributed by atoms with E-state index in [1.54, 1.807) is 7.11 Å². The minimum absolute atomic E-state index is 0.0810. The van der Waals surface area contributed by atoms with Gasteiger partial charge in [0.2, 0.25) is 5.91 Å². The van der Waals surface area contributed by atoms with Crippen LogP contribution in [0.3, 0.4) is 0 Å². The van der Waals surface area contributed by atoms with Crippen LogP contribution in [0, 0.1) is 5.92 Å². The number of nitrogens with one attached hydrogen (secondary N) is 1. The number of carbonyl (C=O) groups is 2. The third-order valence-electron chi connectivity index (χ3n) is 6.74. The van der Waals surface area contributed by atoms with Crippen LogP contribution in [0.2, 0.25) is 0 Å². The van der Waals surface area contributed by atoms with Crippen molar-refractivity contribution in [3.8, 4) is 5.75 Å². The Hall–Kier alpha value is -2.38. The van der Waals surface area contributed by atoms with E-state index in [4.69, 9.17) is 4.74 Å². The van der Waals surface area contributed by atoms with Gasteiger partial charge >= 0.3 is 6.03 Å². The van der Waals surface area contributed by atoms with Crippen LogP contribution in [-0.4, -0.2) is 54.5 Å². The van der Waals surface area contributed by atoms with Crippen LogP contribution in [0.15, 0.2) is 53.0 Å². The van der Waals surface area contributed by atoms with Crippen LogP contribution >= 0.6 is 15.9 Å². The van der Waals surface area contributed by atoms with Gasteiger partial charge in [-0.2, -0.15) is 0 Å². The number of ether oxygens (including phenoxy) is 1. The molecule has 2 saturated heterocycles. The highest BCUT2D eigenvalue weighted by Gasteiger charge is 2.32. The number of piperidine rings is 1. The summed E-state index contributed by atoms with van der Waals surface area (Å²) >= 11 is 3.67. The number of urea groups is 1. The first kappa shape index (κ1) is 23.8. The molecular weight excluding hydrogens is 482 g/mol. The molecule has 0 bridgehead atoms. The van der Waals surface area contributed by atoms with Gasteiger partial charge in [0.25, 0.3) is 0 Å². The number of methoxy groups -OCH3 is 1. The Labute approximate surface area is 204 Å². The first-order chi connectivity index (χ1) is 16.0. The second-order valence-corrected chi connectivity index (χ2v) is 9.91. The maximum atomic E-state index is 12.6. The Kier molecular flexibility index (Phi) is 8.04. The maximum Gasteiger partial charge on any atom is 0.324 e. The molecule has 33 heavy (non-hydrogen) atoms. The number of hydrogen-bond donors (Lipinski definition) is 1. The van der Waals surface area contributed by atoms with Crippen molar-refractivity contribution in [2.45, 2.75) is 44.7 Å². The van der Waals surface area contributed by atoms with Gasteiger partial charge in [-0.1, -0.05) is 46.3 Å². The van der Waals surface area contributed by atoms with E-state index in [2.05, 4.69) is 38.3 Å². The maximum absolute atomic E-state index is 12.6. The molecule has 3 amide bonds. The molecule has 1 atom stereocenters. The highest BCUT2D eigenvalue weighted by atomic mass is 79.9. The largest absolute Gasteiger partial charge is 0.497 e. The fourth-order valence-corrected chi connectivity index (χ4v) is 5.14. The van der Waals surface area contributed by atoms with Gasteiger partial charge in [-0.3, -0.25) is 9.69 Å². The first-order valence-corrected chi connectivity index (χ1v) is 12.5. The molecule has 176 valence electrons. The molecule has 0 aliphatic carbocycles. The number of hydrogen-bond acceptors (Lipinski definition) is 4. The van der Waals surface area contributed by atoms with Gasteiger partial charge in [-0.05, 0) is 74.0 Å². The predicted molar refractivity (Wildman–Crippen MR) is 132 cm³/mol. The topological polar surface area (TPSA) is 61.9 Å². The van der Waals surface area contributed by atoms with E-state index in [-0.39, 0.29) is 18.0 Å². The number of nitrogens with zero attached hydrogens (tertiary/aromatic N) is 2. The van der Waals surface area contributed by atoms with E-state index in [1.165, 1.54) is 10.5 Å². The van der Waals surface area contributed by atoms with Gasteiger partial charge in [-0.25, -0.2) is 4.79 Å². The molecule has 1 N–H and O–H groups in total. The van der Waals surface area contributed by atoms with Crippen LogP contribution in [0.5, 0.6) is 5.75 Å². The zero-order valence-corrected chi connectivity index (χ0v) is 20.7. The molecule has 2 aromatic rings. The lowest BCUT2D eigenvalue weighted by atomic mass is 9.90. The molecular formula is C26H32BrN3O3. The van der Waals surface area contributed by atoms with Gasteiger partial charge in [0.05, 0.1) is 13.7 Å². The number of likely N-dealkylation sites (tertiary alicyclic amines) is 1. The summed E-state index contributed by atoms with van der Waals surface area (Å²) in [6, 6.07) is 15.4. The third kappa shape index (κ3) is 6.36. The summed E-state index contributed by atoms with van der Waals surface area (Å²) in [5.41, 5.74) is 2.26. The fourth-order valence-electron chi connectivity index (χ4n) is 4.74. The Morgan fingerprint density at radius 3 is 2.55 bits per heavy atom. The van der Waals surface area contributed by atoms with Crippen molar-refractivity contribution >= 4 is 27.9 Å². The Bertz CT molecular complexity index is 943. The molecule has 6 nitrogen and oxygen atoms in total. The summed E-state index contributed by atoms with van der Waals surface area (Å²) in [5, 5.41) is 3.04. The van der Waals surface area contributed by atoms with Crippen LogP contribution in [0.1, 0.15) is 36.8 Å². The van der Waals surface area contributed by atoms with Crippen LogP contribution < -0.4 is 10.1 Å². The Balaban J connectivity index is 1.20. The van der Waals surface area contributed by atoms with Crippen LogP contribution in [-0.2, 0) is 17.8 Å². The van der Waals surface area contributed by atoms with Crippen molar-refractivity contribution in [1.82, 2.24) is 15.1 Å². The molecule has 0 aromatic heterocycles. The molecule has 7 heteroatoms. The van der Waals surface area contributed by atoms with Gasteiger partial charge in [0.1, 0.15) is 5.75 Å². The molecule has 1 unspecified atom stereocenters. The average Bonchev–Trinajstić information content (AvgIpc) is 2.83. The quantitative estimate of drug-likeness (QED) is 0.559. The molecule has 0 spiro atoms. The van der Waals surface area contributed by atoms with Crippen LogP contribution in [0.25, 0.3) is 0 Å². The van der Waals surface area contributed by atoms with E-state index in [9.17, 15) is 9.59 Å². The molecule has 4 rings (SSSR count). The molecule has 2 aliphatic heterocycles. The van der Waals surface area contributed by atoms with Crippen LogP contribution in [0.4, 0.5) is 4.79 Å². The SMILES string of the molecule is COc1ccc(Br)c(CC2CCN(CCC3CC(=O)N(Cc4ccccc4)C(=O)N3)CC2)c1. The number of benzene rings is 2. The monoisotopic (exact) mass is 513 g/mol. The van der Waals surface area contributed by atoms with Gasteiger partial charge in [0, 0.05) is 23.5 Å². The number of halogens is 1. The second kappa shape index (κ2) is 11.2. The van der Waals surface area contributed by atoms with Crippen molar-refractivity contribution < 1.29 is 14.3 Å². The summed E-state index contributed by atoms with van der Waals surface area (Å²) in [6.07, 6.45) is 4.55. The third-order valence-corrected chi connectivity index (χ3v) is 7.51. The minimum Gasteiger partial charge on any atom is -0.497 e. The number of amides is 3. The van der Waals surface area contributed by atoms with Crippen molar-refractivity contribution in [3.63, 3.8) is 0 Å². The van der Waals surface area contributed by atoms with E-state index >= 15 is 0 Å². The molecule has 2 aromatic carbocycles. The van der Waals surface area contributed by atoms with E-state index in [0.29, 0.717) is 18.9 Å². The first-order valence-electron chi connectivity index (χ1n) is 11.7. The summed E-state index contributed by atoms with van der Waals surface area (Å²) in [4.78, 5) is 28.9. The standard InChI is InChI=1S/C26H32BrN3O3/c1-33-23-7-8-24(27)21(16-23)15-19-9-12-29(13-10-19)14-11-22-17-25(31)30(26(32)28-22)18-20-5-3-2-4-6-20/h2-8,16,19,22H,9-15,17-18H2,1H3,(H,28,32). The molecule has 2 heterocycles. The van der Waals surface area contributed by atoms with Gasteiger partial charge in [0.15, 0.2) is 0 Å². The number of imide groups is 1. The van der Waals surface area contributed by atoms with Crippen molar-refractivity contribution in [2.75, 3.05) is 26.7 Å². The van der Waals surface area contributed by atoms with E-state index < -0.39 is 0 Å². The lowest BCUT2D eigenvalue weighted by Gasteiger charge is -2.35. The second-order valence-electron chi connectivity index (χ2n) is 9.05. The molecule has 2 aliphatic rings. The summed E-state index contributed by atoms with van der Waals surface area (Å²) in [7, 11) is 1.70.